The smallest absolute Gasteiger partial charge is 0.0803 e. The SMILES string of the molecule is c1cnc2c(c1)ccc1sc3ccsc3c12. The number of pyridine rings is 1. The van der Waals surface area contributed by atoms with Crippen molar-refractivity contribution in [3.05, 3.63) is 41.9 Å². The molecule has 1 aromatic carbocycles. The van der Waals surface area contributed by atoms with Crippen molar-refractivity contribution in [3.8, 4) is 0 Å². The van der Waals surface area contributed by atoms with Crippen LogP contribution in [0.3, 0.4) is 0 Å². The van der Waals surface area contributed by atoms with Gasteiger partial charge in [0, 0.05) is 26.4 Å². The van der Waals surface area contributed by atoms with Gasteiger partial charge in [0.05, 0.1) is 10.2 Å². The maximum Gasteiger partial charge on any atom is 0.0803 e. The van der Waals surface area contributed by atoms with E-state index in [1.54, 1.807) is 0 Å². The van der Waals surface area contributed by atoms with Crippen LogP contribution in [0, 0.1) is 0 Å². The van der Waals surface area contributed by atoms with E-state index in [4.69, 9.17) is 0 Å². The van der Waals surface area contributed by atoms with E-state index >= 15 is 0 Å². The molecule has 0 aliphatic rings. The summed E-state index contributed by atoms with van der Waals surface area (Å²) < 4.78 is 4.09. The van der Waals surface area contributed by atoms with Crippen molar-refractivity contribution in [1.29, 1.82) is 0 Å². The van der Waals surface area contributed by atoms with Crippen molar-refractivity contribution >= 4 is 53.1 Å². The highest BCUT2D eigenvalue weighted by molar-refractivity contribution is 7.32. The van der Waals surface area contributed by atoms with E-state index in [0.29, 0.717) is 0 Å². The monoisotopic (exact) mass is 241 g/mol. The van der Waals surface area contributed by atoms with Crippen LogP contribution in [-0.4, -0.2) is 4.98 Å². The van der Waals surface area contributed by atoms with E-state index in [1.807, 2.05) is 34.9 Å². The number of hydrogen-bond donors (Lipinski definition) is 0. The Kier molecular flexibility index (Phi) is 1.64. The predicted octanol–water partition coefficient (Wildman–Crippen LogP) is 4.66. The molecule has 4 aromatic rings. The van der Waals surface area contributed by atoms with Gasteiger partial charge in [-0.05, 0) is 23.6 Å². The van der Waals surface area contributed by atoms with Gasteiger partial charge in [0.1, 0.15) is 0 Å². The van der Waals surface area contributed by atoms with Gasteiger partial charge >= 0.3 is 0 Å². The first kappa shape index (κ1) is 8.67. The van der Waals surface area contributed by atoms with Crippen LogP contribution < -0.4 is 0 Å². The summed E-state index contributed by atoms with van der Waals surface area (Å²) in [6.07, 6.45) is 1.87. The minimum atomic E-state index is 1.13. The molecule has 3 aromatic heterocycles. The zero-order chi connectivity index (χ0) is 10.5. The van der Waals surface area contributed by atoms with Crippen LogP contribution >= 0.6 is 22.7 Å². The summed E-state index contributed by atoms with van der Waals surface area (Å²) in [5.74, 6) is 0. The van der Waals surface area contributed by atoms with E-state index in [-0.39, 0.29) is 0 Å². The zero-order valence-electron chi connectivity index (χ0n) is 8.31. The fourth-order valence-corrected chi connectivity index (χ4v) is 4.38. The van der Waals surface area contributed by atoms with Crippen LogP contribution in [-0.2, 0) is 0 Å². The fourth-order valence-electron chi connectivity index (χ4n) is 2.11. The van der Waals surface area contributed by atoms with Crippen LogP contribution in [0.5, 0.6) is 0 Å². The lowest BCUT2D eigenvalue weighted by molar-refractivity contribution is 1.43. The Hall–Kier alpha value is -1.45. The topological polar surface area (TPSA) is 12.9 Å². The van der Waals surface area contributed by atoms with Crippen molar-refractivity contribution < 1.29 is 0 Å². The highest BCUT2D eigenvalue weighted by Gasteiger charge is 2.09. The Morgan fingerprint density at radius 3 is 3.00 bits per heavy atom. The molecule has 4 rings (SSSR count). The number of benzene rings is 1. The third kappa shape index (κ3) is 1.02. The van der Waals surface area contributed by atoms with Gasteiger partial charge in [-0.3, -0.25) is 4.98 Å². The summed E-state index contributed by atoms with van der Waals surface area (Å²) in [5, 5.41) is 4.71. The van der Waals surface area contributed by atoms with Gasteiger partial charge in [0.15, 0.2) is 0 Å². The Bertz CT molecular complexity index is 810. The van der Waals surface area contributed by atoms with Crippen molar-refractivity contribution in [3.63, 3.8) is 0 Å². The molecule has 1 nitrogen and oxygen atoms in total. The summed E-state index contributed by atoms with van der Waals surface area (Å²) in [4.78, 5) is 4.52. The van der Waals surface area contributed by atoms with E-state index < -0.39 is 0 Å². The second-order valence-electron chi connectivity index (χ2n) is 3.73. The van der Waals surface area contributed by atoms with Crippen LogP contribution in [0.1, 0.15) is 0 Å². The Balaban J connectivity index is 2.41. The van der Waals surface area contributed by atoms with Gasteiger partial charge in [-0.15, -0.1) is 22.7 Å². The molecular formula is C13H7NS2. The Morgan fingerprint density at radius 2 is 2.00 bits per heavy atom. The third-order valence-corrected chi connectivity index (χ3v) is 4.99. The number of aromatic nitrogens is 1. The molecule has 0 bridgehead atoms. The zero-order valence-corrected chi connectivity index (χ0v) is 9.94. The van der Waals surface area contributed by atoms with Crippen molar-refractivity contribution in [1.82, 2.24) is 4.98 Å². The maximum absolute atomic E-state index is 4.52. The Labute approximate surface area is 100.0 Å². The molecule has 0 atom stereocenters. The lowest BCUT2D eigenvalue weighted by atomic mass is 10.1. The first-order valence-corrected chi connectivity index (χ1v) is 6.76. The van der Waals surface area contributed by atoms with Gasteiger partial charge in [-0.1, -0.05) is 12.1 Å². The van der Waals surface area contributed by atoms with Gasteiger partial charge in [-0.2, -0.15) is 0 Å². The van der Waals surface area contributed by atoms with Crippen LogP contribution in [0.2, 0.25) is 0 Å². The average molecular weight is 241 g/mol. The molecule has 0 aliphatic heterocycles. The molecule has 0 spiro atoms. The summed E-state index contributed by atoms with van der Waals surface area (Å²) in [6, 6.07) is 10.7. The summed E-state index contributed by atoms with van der Waals surface area (Å²) in [7, 11) is 0. The highest BCUT2D eigenvalue weighted by Crippen LogP contribution is 2.40. The lowest BCUT2D eigenvalue weighted by Gasteiger charge is -1.97. The van der Waals surface area contributed by atoms with Gasteiger partial charge in [0.2, 0.25) is 0 Å². The molecule has 0 amide bonds. The number of fused-ring (bicyclic) bond motifs is 5. The molecule has 0 fully saturated rings. The van der Waals surface area contributed by atoms with Crippen molar-refractivity contribution in [2.24, 2.45) is 0 Å². The number of rotatable bonds is 0. The quantitative estimate of drug-likeness (QED) is 0.436. The molecule has 0 aliphatic carbocycles. The molecule has 0 N–H and O–H groups in total. The third-order valence-electron chi connectivity index (χ3n) is 2.81. The fraction of sp³-hybridized carbons (Fsp3) is 0. The molecule has 76 valence electrons. The van der Waals surface area contributed by atoms with Crippen LogP contribution in [0.4, 0.5) is 0 Å². The molecule has 0 saturated carbocycles. The molecule has 0 saturated heterocycles. The molecule has 3 heterocycles. The van der Waals surface area contributed by atoms with E-state index in [9.17, 15) is 0 Å². The number of nitrogens with zero attached hydrogens (tertiary/aromatic N) is 1. The van der Waals surface area contributed by atoms with Crippen LogP contribution in [0.15, 0.2) is 41.9 Å². The lowest BCUT2D eigenvalue weighted by Crippen LogP contribution is -1.76. The van der Waals surface area contributed by atoms with Gasteiger partial charge in [-0.25, -0.2) is 0 Å². The second kappa shape index (κ2) is 3.03. The van der Waals surface area contributed by atoms with Crippen molar-refractivity contribution in [2.45, 2.75) is 0 Å². The van der Waals surface area contributed by atoms with Gasteiger partial charge < -0.3 is 0 Å². The Morgan fingerprint density at radius 1 is 1.00 bits per heavy atom. The summed E-state index contributed by atoms with van der Waals surface area (Å²) in [5.41, 5.74) is 1.13. The minimum Gasteiger partial charge on any atom is -0.256 e. The summed E-state index contributed by atoms with van der Waals surface area (Å²) >= 11 is 3.66. The number of thiophene rings is 2. The number of hydrogen-bond acceptors (Lipinski definition) is 3. The van der Waals surface area contributed by atoms with E-state index in [1.165, 1.54) is 24.9 Å². The van der Waals surface area contributed by atoms with Crippen LogP contribution in [0.25, 0.3) is 30.4 Å². The first-order chi connectivity index (χ1) is 7.93. The average Bonchev–Trinajstić information content (AvgIpc) is 2.88. The highest BCUT2D eigenvalue weighted by atomic mass is 32.1. The maximum atomic E-state index is 4.52. The van der Waals surface area contributed by atoms with E-state index in [2.05, 4.69) is 34.6 Å². The largest absolute Gasteiger partial charge is 0.256 e. The normalized spacial score (nSPS) is 11.8. The molecule has 3 heteroatoms. The summed E-state index contributed by atoms with van der Waals surface area (Å²) in [6.45, 7) is 0. The molecule has 0 radical (unpaired) electrons. The van der Waals surface area contributed by atoms with Crippen molar-refractivity contribution in [2.75, 3.05) is 0 Å². The molecular weight excluding hydrogens is 234 g/mol. The standard InChI is InChI=1S/C13H7NS2/c1-2-8-3-4-9-11(12(8)14-6-1)13-10(16-9)5-7-15-13/h1-7H. The second-order valence-corrected chi connectivity index (χ2v) is 5.73. The van der Waals surface area contributed by atoms with E-state index in [0.717, 1.165) is 5.52 Å². The predicted molar refractivity (Wildman–Crippen MR) is 72.5 cm³/mol. The minimum absolute atomic E-state index is 1.13. The first-order valence-electron chi connectivity index (χ1n) is 5.07. The molecule has 0 unspecified atom stereocenters. The molecule has 16 heavy (non-hydrogen) atoms. The van der Waals surface area contributed by atoms with Gasteiger partial charge in [0.25, 0.3) is 0 Å².